The molecule has 0 radical (unpaired) electrons. The van der Waals surface area contributed by atoms with Crippen LogP contribution in [-0.2, 0) is 6.54 Å². The molecule has 2 heterocycles. The van der Waals surface area contributed by atoms with E-state index in [2.05, 4.69) is 126 Å². The molecule has 5 aromatic carbocycles. The van der Waals surface area contributed by atoms with Crippen molar-refractivity contribution in [2.24, 2.45) is 0 Å². The highest BCUT2D eigenvalue weighted by Gasteiger charge is 2.26. The van der Waals surface area contributed by atoms with Gasteiger partial charge in [-0.3, -0.25) is 0 Å². The van der Waals surface area contributed by atoms with E-state index in [0.717, 1.165) is 39.4 Å². The van der Waals surface area contributed by atoms with Crippen molar-refractivity contribution in [3.05, 3.63) is 139 Å². The molecule has 1 aliphatic heterocycles. The third-order valence-electron chi connectivity index (χ3n) is 6.89. The molecule has 3 heteroatoms. The zero-order chi connectivity index (χ0) is 23.9. The van der Waals surface area contributed by atoms with Crippen molar-refractivity contribution < 1.29 is 4.42 Å². The van der Waals surface area contributed by atoms with Crippen LogP contribution in [0.5, 0.6) is 0 Å². The number of para-hydroxylation sites is 1. The number of hydrogen-bond acceptors (Lipinski definition) is 3. The lowest BCUT2D eigenvalue weighted by Gasteiger charge is -2.30. The number of rotatable bonds is 4. The molecule has 0 saturated heterocycles. The number of nitrogens with zero attached hydrogens (tertiary/aromatic N) is 1. The number of fused-ring (bicyclic) bond motifs is 4. The Labute approximate surface area is 209 Å². The van der Waals surface area contributed by atoms with Crippen molar-refractivity contribution >= 4 is 38.8 Å². The van der Waals surface area contributed by atoms with E-state index in [9.17, 15) is 0 Å². The molecule has 0 atom stereocenters. The monoisotopic (exact) mass is 464 g/mol. The van der Waals surface area contributed by atoms with Gasteiger partial charge in [-0.05, 0) is 52.2 Å². The van der Waals surface area contributed by atoms with Crippen LogP contribution in [0.25, 0.3) is 38.6 Å². The van der Waals surface area contributed by atoms with Gasteiger partial charge in [-0.25, -0.2) is 0 Å². The molecule has 6 aromatic rings. The predicted molar refractivity (Wildman–Crippen MR) is 149 cm³/mol. The lowest BCUT2D eigenvalue weighted by atomic mass is 10.0. The summed E-state index contributed by atoms with van der Waals surface area (Å²) in [5.41, 5.74) is 7.73. The molecular weight excluding hydrogens is 440 g/mol. The minimum absolute atomic E-state index is 0.673. The minimum Gasteiger partial charge on any atom is -0.458 e. The van der Waals surface area contributed by atoms with Gasteiger partial charge >= 0.3 is 0 Å². The molecule has 3 nitrogen and oxygen atoms in total. The summed E-state index contributed by atoms with van der Waals surface area (Å²) in [5.74, 6) is 0.959. The van der Waals surface area contributed by atoms with Crippen LogP contribution < -0.4 is 10.2 Å². The molecular formula is C33H24N2O. The fourth-order valence-corrected chi connectivity index (χ4v) is 5.17. The molecule has 1 aromatic heterocycles. The van der Waals surface area contributed by atoms with Crippen molar-refractivity contribution in [1.82, 2.24) is 5.32 Å². The lowest BCUT2D eigenvalue weighted by Crippen LogP contribution is -2.22. The zero-order valence-corrected chi connectivity index (χ0v) is 19.7. The Morgan fingerprint density at radius 1 is 0.611 bits per heavy atom. The molecule has 1 aliphatic rings. The molecule has 0 unspecified atom stereocenters. The molecule has 1 N–H and O–H groups in total. The third kappa shape index (κ3) is 3.45. The molecule has 0 fully saturated rings. The molecule has 0 bridgehead atoms. The molecule has 36 heavy (non-hydrogen) atoms. The van der Waals surface area contributed by atoms with E-state index in [4.69, 9.17) is 4.42 Å². The van der Waals surface area contributed by atoms with E-state index >= 15 is 0 Å². The summed E-state index contributed by atoms with van der Waals surface area (Å²) in [4.78, 5) is 2.33. The summed E-state index contributed by atoms with van der Waals surface area (Å²) in [6.45, 7) is 0.673. The summed E-state index contributed by atoms with van der Waals surface area (Å²) in [6.07, 6.45) is 2.12. The van der Waals surface area contributed by atoms with Crippen molar-refractivity contribution in [2.45, 2.75) is 6.54 Å². The van der Waals surface area contributed by atoms with Crippen LogP contribution in [-0.4, -0.2) is 0 Å². The normalized spacial score (nSPS) is 12.7. The molecule has 172 valence electrons. The van der Waals surface area contributed by atoms with Gasteiger partial charge in [0.1, 0.15) is 11.3 Å². The second kappa shape index (κ2) is 8.47. The van der Waals surface area contributed by atoms with Gasteiger partial charge in [0.25, 0.3) is 0 Å². The summed E-state index contributed by atoms with van der Waals surface area (Å²) < 4.78 is 6.26. The second-order valence-electron chi connectivity index (χ2n) is 9.09. The van der Waals surface area contributed by atoms with E-state index in [1.165, 1.54) is 21.9 Å². The Morgan fingerprint density at radius 2 is 1.31 bits per heavy atom. The number of nitrogens with one attached hydrogen (secondary N) is 1. The van der Waals surface area contributed by atoms with Crippen molar-refractivity contribution in [3.63, 3.8) is 0 Å². The first-order chi connectivity index (χ1) is 17.8. The smallest absolute Gasteiger partial charge is 0.135 e. The van der Waals surface area contributed by atoms with Crippen LogP contribution in [0.3, 0.4) is 0 Å². The van der Waals surface area contributed by atoms with Gasteiger partial charge in [0, 0.05) is 23.0 Å². The largest absolute Gasteiger partial charge is 0.458 e. The zero-order valence-electron chi connectivity index (χ0n) is 19.7. The lowest BCUT2D eigenvalue weighted by molar-refractivity contribution is 0.531. The first kappa shape index (κ1) is 20.6. The highest BCUT2D eigenvalue weighted by molar-refractivity contribution is 6.01. The number of furan rings is 1. The predicted octanol–water partition coefficient (Wildman–Crippen LogP) is 8.49. The molecule has 0 spiro atoms. The van der Waals surface area contributed by atoms with Crippen LogP contribution in [0.4, 0.5) is 11.4 Å². The maximum atomic E-state index is 6.26. The van der Waals surface area contributed by atoms with E-state index in [-0.39, 0.29) is 0 Å². The first-order valence-corrected chi connectivity index (χ1v) is 12.2. The van der Waals surface area contributed by atoms with E-state index in [1.807, 2.05) is 12.1 Å². The highest BCUT2D eigenvalue weighted by atomic mass is 16.3. The van der Waals surface area contributed by atoms with Gasteiger partial charge in [-0.2, -0.15) is 0 Å². The van der Waals surface area contributed by atoms with Crippen molar-refractivity contribution in [1.29, 1.82) is 0 Å². The van der Waals surface area contributed by atoms with Crippen LogP contribution in [0.2, 0.25) is 0 Å². The minimum atomic E-state index is 0.673. The van der Waals surface area contributed by atoms with Gasteiger partial charge in [0.15, 0.2) is 0 Å². The average molecular weight is 465 g/mol. The van der Waals surface area contributed by atoms with E-state index in [1.54, 1.807) is 0 Å². The van der Waals surface area contributed by atoms with Crippen LogP contribution in [0.15, 0.2) is 132 Å². The molecule has 0 aliphatic carbocycles. The van der Waals surface area contributed by atoms with Crippen LogP contribution in [0.1, 0.15) is 11.3 Å². The summed E-state index contributed by atoms with van der Waals surface area (Å²) in [5, 5.41) is 7.02. The summed E-state index contributed by atoms with van der Waals surface area (Å²) >= 11 is 0. The van der Waals surface area contributed by atoms with Crippen LogP contribution >= 0.6 is 0 Å². The molecule has 0 saturated carbocycles. The maximum Gasteiger partial charge on any atom is 0.135 e. The number of hydrogen-bond donors (Lipinski definition) is 1. The SMILES string of the molecule is C1=C(N(c2ccc(-c3ccccc3)cc2)c2ccc3ccccc3c2)c2c(oc3ccccc23)CN1. The Bertz CT molecular complexity index is 1730. The van der Waals surface area contributed by atoms with Crippen molar-refractivity contribution in [3.8, 4) is 11.1 Å². The number of benzene rings is 5. The second-order valence-corrected chi connectivity index (χ2v) is 9.09. The number of anilines is 2. The summed E-state index contributed by atoms with van der Waals surface area (Å²) in [7, 11) is 0. The van der Waals surface area contributed by atoms with Crippen LogP contribution in [0, 0.1) is 0 Å². The summed E-state index contributed by atoms with van der Waals surface area (Å²) in [6, 6.07) is 42.7. The fraction of sp³-hybridized carbons (Fsp3) is 0.0303. The third-order valence-corrected chi connectivity index (χ3v) is 6.89. The molecule has 7 rings (SSSR count). The Hall–Kier alpha value is -4.76. The Balaban J connectivity index is 1.42. The van der Waals surface area contributed by atoms with Crippen molar-refractivity contribution in [2.75, 3.05) is 4.90 Å². The fourth-order valence-electron chi connectivity index (χ4n) is 5.17. The topological polar surface area (TPSA) is 28.4 Å². The Morgan fingerprint density at radius 3 is 2.17 bits per heavy atom. The van der Waals surface area contributed by atoms with E-state index in [0.29, 0.717) is 6.54 Å². The van der Waals surface area contributed by atoms with Gasteiger partial charge < -0.3 is 14.6 Å². The quantitative estimate of drug-likeness (QED) is 0.283. The highest BCUT2D eigenvalue weighted by Crippen LogP contribution is 2.42. The maximum absolute atomic E-state index is 6.26. The average Bonchev–Trinajstić information content (AvgIpc) is 3.33. The van der Waals surface area contributed by atoms with Gasteiger partial charge in [-0.1, -0.05) is 91.0 Å². The first-order valence-electron chi connectivity index (χ1n) is 12.2. The standard InChI is InChI=1S/C33H24N2O/c1-2-8-23(9-3-1)25-14-17-27(18-15-25)35(28-19-16-24-10-4-5-11-26(24)20-28)30-21-34-22-32-33(30)29-12-6-7-13-31(29)36-32/h1-21,34H,22H2. The van der Waals surface area contributed by atoms with Gasteiger partial charge in [-0.15, -0.1) is 0 Å². The van der Waals surface area contributed by atoms with E-state index < -0.39 is 0 Å². The Kier molecular flexibility index (Phi) is 4.85. The van der Waals surface area contributed by atoms with Gasteiger partial charge in [0.2, 0.25) is 0 Å². The molecule has 0 amide bonds. The van der Waals surface area contributed by atoms with Gasteiger partial charge in [0.05, 0.1) is 17.8 Å².